The minimum absolute atomic E-state index is 0.0328. The highest BCUT2D eigenvalue weighted by molar-refractivity contribution is 7.99. The summed E-state index contributed by atoms with van der Waals surface area (Å²) in [5.74, 6) is 0.726. The Morgan fingerprint density at radius 3 is 2.55 bits per heavy atom. The van der Waals surface area contributed by atoms with E-state index < -0.39 is 0 Å². The molecule has 1 saturated carbocycles. The molecule has 8 heteroatoms. The first kappa shape index (κ1) is 21.4. The van der Waals surface area contributed by atoms with Crippen LogP contribution in [-0.4, -0.2) is 27.9 Å². The molecule has 31 heavy (non-hydrogen) atoms. The molecule has 0 unspecified atom stereocenters. The summed E-state index contributed by atoms with van der Waals surface area (Å²) in [6.07, 6.45) is 5.57. The molecule has 1 amide bonds. The number of nitrogens with zero attached hydrogens (tertiary/aromatic N) is 3. The highest BCUT2D eigenvalue weighted by Crippen LogP contribution is 2.29. The van der Waals surface area contributed by atoms with Gasteiger partial charge in [0.1, 0.15) is 11.6 Å². The minimum atomic E-state index is -0.328. The molecule has 1 fully saturated rings. The van der Waals surface area contributed by atoms with Gasteiger partial charge >= 0.3 is 0 Å². The van der Waals surface area contributed by atoms with Gasteiger partial charge in [0.2, 0.25) is 5.91 Å². The van der Waals surface area contributed by atoms with Crippen LogP contribution in [0.3, 0.4) is 0 Å². The Hall–Kier alpha value is -2.87. The molecule has 4 rings (SSSR count). The highest BCUT2D eigenvalue weighted by Gasteiger charge is 2.27. The van der Waals surface area contributed by atoms with Crippen molar-refractivity contribution in [2.24, 2.45) is 0 Å². The van der Waals surface area contributed by atoms with Crippen LogP contribution >= 0.6 is 11.8 Å². The van der Waals surface area contributed by atoms with Gasteiger partial charge in [-0.3, -0.25) is 4.79 Å². The SMILES string of the molecule is O=C(CSc1nnc(COc2ccc(F)cc2)o1)N(c1ccccc1)C1CCCCC1. The average molecular weight is 442 g/mol. The van der Waals surface area contributed by atoms with Crippen molar-refractivity contribution in [3.63, 3.8) is 0 Å². The summed E-state index contributed by atoms with van der Waals surface area (Å²) in [4.78, 5) is 15.1. The summed E-state index contributed by atoms with van der Waals surface area (Å²) in [6.45, 7) is 0.0748. The Labute approximate surface area is 184 Å². The van der Waals surface area contributed by atoms with Crippen LogP contribution < -0.4 is 9.64 Å². The Morgan fingerprint density at radius 1 is 1.06 bits per heavy atom. The number of carbonyl (C=O) groups excluding carboxylic acids is 1. The fourth-order valence-electron chi connectivity index (χ4n) is 3.71. The normalized spacial score (nSPS) is 14.4. The second-order valence-electron chi connectivity index (χ2n) is 7.38. The van der Waals surface area contributed by atoms with Crippen LogP contribution in [-0.2, 0) is 11.4 Å². The van der Waals surface area contributed by atoms with Crippen molar-refractivity contribution in [1.82, 2.24) is 10.2 Å². The summed E-state index contributed by atoms with van der Waals surface area (Å²) in [5, 5.41) is 8.27. The molecular formula is C23H24FN3O3S. The number of thioether (sulfide) groups is 1. The first-order valence-electron chi connectivity index (χ1n) is 10.4. The molecule has 162 valence electrons. The Balaban J connectivity index is 1.35. The molecule has 1 aliphatic rings. The van der Waals surface area contributed by atoms with E-state index in [1.165, 1.54) is 42.4 Å². The molecule has 0 N–H and O–H groups in total. The van der Waals surface area contributed by atoms with Crippen molar-refractivity contribution in [1.29, 1.82) is 0 Å². The zero-order valence-electron chi connectivity index (χ0n) is 17.1. The van der Waals surface area contributed by atoms with E-state index in [1.54, 1.807) is 0 Å². The van der Waals surface area contributed by atoms with Crippen molar-refractivity contribution in [2.45, 2.75) is 50.0 Å². The van der Waals surface area contributed by atoms with E-state index in [0.29, 0.717) is 16.9 Å². The first-order valence-corrected chi connectivity index (χ1v) is 11.4. The smallest absolute Gasteiger partial charge is 0.277 e. The van der Waals surface area contributed by atoms with Crippen LogP contribution in [0, 0.1) is 5.82 Å². The van der Waals surface area contributed by atoms with Crippen molar-refractivity contribution >= 4 is 23.4 Å². The van der Waals surface area contributed by atoms with Gasteiger partial charge in [-0.2, -0.15) is 0 Å². The van der Waals surface area contributed by atoms with Gasteiger partial charge in [-0.1, -0.05) is 49.2 Å². The lowest BCUT2D eigenvalue weighted by Gasteiger charge is -2.34. The number of benzene rings is 2. The van der Waals surface area contributed by atoms with Crippen LogP contribution in [0.2, 0.25) is 0 Å². The topological polar surface area (TPSA) is 68.5 Å². The molecule has 0 radical (unpaired) electrons. The van der Waals surface area contributed by atoms with E-state index in [0.717, 1.165) is 31.4 Å². The van der Waals surface area contributed by atoms with E-state index in [2.05, 4.69) is 10.2 Å². The lowest BCUT2D eigenvalue weighted by molar-refractivity contribution is -0.116. The lowest BCUT2D eigenvalue weighted by atomic mass is 9.93. The van der Waals surface area contributed by atoms with E-state index in [-0.39, 0.29) is 30.1 Å². The average Bonchev–Trinajstić information content (AvgIpc) is 3.27. The van der Waals surface area contributed by atoms with E-state index >= 15 is 0 Å². The van der Waals surface area contributed by atoms with Crippen LogP contribution in [0.1, 0.15) is 38.0 Å². The fraction of sp³-hybridized carbons (Fsp3) is 0.348. The number of carbonyl (C=O) groups is 1. The summed E-state index contributed by atoms with van der Waals surface area (Å²) in [6, 6.07) is 15.8. The zero-order chi connectivity index (χ0) is 21.5. The summed E-state index contributed by atoms with van der Waals surface area (Å²) in [7, 11) is 0. The largest absolute Gasteiger partial charge is 0.484 e. The predicted molar refractivity (Wildman–Crippen MR) is 117 cm³/mol. The molecule has 3 aromatic rings. The quantitative estimate of drug-likeness (QED) is 0.445. The van der Waals surface area contributed by atoms with Crippen molar-refractivity contribution in [3.05, 3.63) is 66.3 Å². The highest BCUT2D eigenvalue weighted by atomic mass is 32.2. The van der Waals surface area contributed by atoms with Gasteiger partial charge < -0.3 is 14.1 Å². The van der Waals surface area contributed by atoms with Crippen molar-refractivity contribution in [2.75, 3.05) is 10.7 Å². The fourth-order valence-corrected chi connectivity index (χ4v) is 4.35. The lowest BCUT2D eigenvalue weighted by Crippen LogP contribution is -2.42. The molecule has 0 spiro atoms. The van der Waals surface area contributed by atoms with Gasteiger partial charge in [-0.25, -0.2) is 4.39 Å². The number of hydrogen-bond acceptors (Lipinski definition) is 6. The second-order valence-corrected chi connectivity index (χ2v) is 8.31. The third-order valence-corrected chi connectivity index (χ3v) is 5.99. The maximum absolute atomic E-state index is 13.1. The summed E-state index contributed by atoms with van der Waals surface area (Å²) >= 11 is 1.22. The molecule has 0 aliphatic heterocycles. The van der Waals surface area contributed by atoms with Crippen LogP contribution in [0.5, 0.6) is 5.75 Å². The van der Waals surface area contributed by atoms with E-state index in [1.807, 2.05) is 35.2 Å². The third kappa shape index (κ3) is 5.85. The number of para-hydroxylation sites is 1. The number of anilines is 1. The number of hydrogen-bond donors (Lipinski definition) is 0. The van der Waals surface area contributed by atoms with Gasteiger partial charge in [0, 0.05) is 11.7 Å². The molecule has 1 aliphatic carbocycles. The number of halogens is 1. The first-order chi connectivity index (χ1) is 15.2. The van der Waals surface area contributed by atoms with Gasteiger partial charge in [0.15, 0.2) is 6.61 Å². The monoisotopic (exact) mass is 441 g/mol. The third-order valence-electron chi connectivity index (χ3n) is 5.19. The Morgan fingerprint density at radius 2 is 1.81 bits per heavy atom. The molecule has 1 heterocycles. The van der Waals surface area contributed by atoms with E-state index in [9.17, 15) is 9.18 Å². The van der Waals surface area contributed by atoms with Crippen LogP contribution in [0.15, 0.2) is 64.2 Å². The van der Waals surface area contributed by atoms with Gasteiger partial charge in [-0.05, 0) is 49.2 Å². The van der Waals surface area contributed by atoms with Crippen LogP contribution in [0.25, 0.3) is 0 Å². The molecular weight excluding hydrogens is 417 g/mol. The standard InChI is InChI=1S/C23H24FN3O3S/c24-17-11-13-20(14-12-17)29-15-21-25-26-23(30-21)31-16-22(28)27(18-7-3-1-4-8-18)19-9-5-2-6-10-19/h1,3-4,7-8,11-14,19H,2,5-6,9-10,15-16H2. The maximum Gasteiger partial charge on any atom is 0.277 e. The second kappa shape index (κ2) is 10.4. The summed E-state index contributed by atoms with van der Waals surface area (Å²) < 4.78 is 24.1. The number of rotatable bonds is 8. The van der Waals surface area contributed by atoms with Crippen LogP contribution in [0.4, 0.5) is 10.1 Å². The van der Waals surface area contributed by atoms with Crippen molar-refractivity contribution in [3.8, 4) is 5.75 Å². The van der Waals surface area contributed by atoms with Gasteiger partial charge in [0.05, 0.1) is 5.75 Å². The van der Waals surface area contributed by atoms with Gasteiger partial charge in [-0.15, -0.1) is 10.2 Å². The van der Waals surface area contributed by atoms with Gasteiger partial charge in [0.25, 0.3) is 11.1 Å². The number of amides is 1. The van der Waals surface area contributed by atoms with Crippen molar-refractivity contribution < 1.29 is 18.3 Å². The molecule has 0 saturated heterocycles. The summed E-state index contributed by atoms with van der Waals surface area (Å²) in [5.41, 5.74) is 0.930. The predicted octanol–water partition coefficient (Wildman–Crippen LogP) is 5.25. The minimum Gasteiger partial charge on any atom is -0.484 e. The molecule has 6 nitrogen and oxygen atoms in total. The Bertz CT molecular complexity index is 975. The van der Waals surface area contributed by atoms with E-state index in [4.69, 9.17) is 9.15 Å². The molecule has 0 bridgehead atoms. The molecule has 1 aromatic heterocycles. The number of ether oxygens (including phenoxy) is 1. The molecule has 2 aromatic carbocycles. The zero-order valence-corrected chi connectivity index (χ0v) is 17.9. The maximum atomic E-state index is 13.1. The Kier molecular flexibility index (Phi) is 7.19. The molecule has 0 atom stereocenters. The number of aromatic nitrogens is 2.